The average Bonchev–Trinajstić information content (AvgIpc) is 3.18. The highest BCUT2D eigenvalue weighted by Crippen LogP contribution is 2.26. The lowest BCUT2D eigenvalue weighted by Gasteiger charge is -2.31. The summed E-state index contributed by atoms with van der Waals surface area (Å²) in [5, 5.41) is 4.09. The van der Waals surface area contributed by atoms with E-state index in [9.17, 15) is 0 Å². The van der Waals surface area contributed by atoms with E-state index in [1.165, 1.54) is 0 Å². The number of piperidine rings is 1. The van der Waals surface area contributed by atoms with Crippen LogP contribution >= 0.6 is 0 Å². The van der Waals surface area contributed by atoms with Crippen LogP contribution in [0.1, 0.15) is 12.8 Å². The maximum Gasteiger partial charge on any atom is 0.258 e. The number of benzene rings is 1. The minimum Gasteiger partial charge on any atom is -0.497 e. The summed E-state index contributed by atoms with van der Waals surface area (Å²) in [6.07, 6.45) is 3.91. The number of hydrogen-bond donors (Lipinski definition) is 1. The SMILES string of the molecule is COc1ccc(-c2noc(-c3ccnc(N4CCCC(N)C4)c3)n2)cc1. The zero-order chi connectivity index (χ0) is 17.9. The van der Waals surface area contributed by atoms with Gasteiger partial charge in [0.1, 0.15) is 11.6 Å². The van der Waals surface area contributed by atoms with Gasteiger partial charge < -0.3 is 19.9 Å². The molecule has 0 aliphatic carbocycles. The predicted octanol–water partition coefficient (Wildman–Crippen LogP) is 2.73. The minimum atomic E-state index is 0.194. The molecular formula is C19H21N5O2. The number of nitrogens with two attached hydrogens (primary N) is 1. The lowest BCUT2D eigenvalue weighted by Crippen LogP contribution is -2.43. The predicted molar refractivity (Wildman–Crippen MR) is 98.9 cm³/mol. The maximum absolute atomic E-state index is 6.08. The van der Waals surface area contributed by atoms with E-state index in [0.717, 1.165) is 48.6 Å². The number of nitrogens with zero attached hydrogens (tertiary/aromatic N) is 4. The molecule has 0 bridgehead atoms. The fraction of sp³-hybridized carbons (Fsp3) is 0.316. The van der Waals surface area contributed by atoms with Crippen LogP contribution < -0.4 is 15.4 Å². The van der Waals surface area contributed by atoms with Crippen molar-refractivity contribution in [2.45, 2.75) is 18.9 Å². The summed E-state index contributed by atoms with van der Waals surface area (Å²) < 4.78 is 10.6. The first kappa shape index (κ1) is 16.5. The average molecular weight is 351 g/mol. The fourth-order valence-electron chi connectivity index (χ4n) is 3.14. The first-order chi connectivity index (χ1) is 12.7. The summed E-state index contributed by atoms with van der Waals surface area (Å²) in [7, 11) is 1.64. The lowest BCUT2D eigenvalue weighted by atomic mass is 10.1. The molecule has 134 valence electrons. The monoisotopic (exact) mass is 351 g/mol. The largest absolute Gasteiger partial charge is 0.497 e. The third-order valence-electron chi connectivity index (χ3n) is 4.55. The molecule has 1 aliphatic heterocycles. The Labute approximate surface area is 151 Å². The van der Waals surface area contributed by atoms with Crippen molar-refractivity contribution in [3.05, 3.63) is 42.6 Å². The summed E-state index contributed by atoms with van der Waals surface area (Å²) in [5.41, 5.74) is 7.80. The molecule has 2 aromatic heterocycles. The van der Waals surface area contributed by atoms with Gasteiger partial charge in [-0.15, -0.1) is 0 Å². The van der Waals surface area contributed by atoms with Crippen molar-refractivity contribution in [2.75, 3.05) is 25.1 Å². The number of ether oxygens (including phenoxy) is 1. The Bertz CT molecular complexity index is 878. The second-order valence-corrected chi connectivity index (χ2v) is 6.40. The van der Waals surface area contributed by atoms with Crippen molar-refractivity contribution in [3.8, 4) is 28.6 Å². The van der Waals surface area contributed by atoms with E-state index in [1.54, 1.807) is 13.3 Å². The minimum absolute atomic E-state index is 0.194. The van der Waals surface area contributed by atoms with Crippen LogP contribution in [0.5, 0.6) is 5.75 Å². The Morgan fingerprint density at radius 1 is 1.19 bits per heavy atom. The highest BCUT2D eigenvalue weighted by Gasteiger charge is 2.19. The zero-order valence-corrected chi connectivity index (χ0v) is 14.6. The van der Waals surface area contributed by atoms with Crippen molar-refractivity contribution in [1.29, 1.82) is 0 Å². The molecule has 1 saturated heterocycles. The van der Waals surface area contributed by atoms with Crippen molar-refractivity contribution < 1.29 is 9.26 Å². The third kappa shape index (κ3) is 3.39. The summed E-state index contributed by atoms with van der Waals surface area (Å²) in [5.74, 6) is 2.69. The van der Waals surface area contributed by atoms with Gasteiger partial charge in [-0.05, 0) is 49.2 Å². The summed E-state index contributed by atoms with van der Waals surface area (Å²) in [6, 6.07) is 11.6. The molecular weight excluding hydrogens is 330 g/mol. The smallest absolute Gasteiger partial charge is 0.258 e. The molecule has 0 saturated carbocycles. The summed E-state index contributed by atoms with van der Waals surface area (Å²) >= 11 is 0. The molecule has 4 rings (SSSR count). The van der Waals surface area contributed by atoms with Crippen molar-refractivity contribution in [1.82, 2.24) is 15.1 Å². The molecule has 0 spiro atoms. The van der Waals surface area contributed by atoms with Gasteiger partial charge in [-0.3, -0.25) is 0 Å². The number of hydrogen-bond acceptors (Lipinski definition) is 7. The van der Waals surface area contributed by atoms with E-state index >= 15 is 0 Å². The normalized spacial score (nSPS) is 17.3. The topological polar surface area (TPSA) is 90.3 Å². The molecule has 0 radical (unpaired) electrons. The molecule has 1 atom stereocenters. The molecule has 1 unspecified atom stereocenters. The number of rotatable bonds is 4. The maximum atomic E-state index is 6.08. The number of aromatic nitrogens is 3. The Balaban J connectivity index is 1.58. The molecule has 7 nitrogen and oxygen atoms in total. The van der Waals surface area contributed by atoms with Crippen LogP contribution in [-0.4, -0.2) is 41.4 Å². The Hall–Kier alpha value is -2.93. The molecule has 7 heteroatoms. The van der Waals surface area contributed by atoms with Gasteiger partial charge in [0.25, 0.3) is 5.89 Å². The first-order valence-corrected chi connectivity index (χ1v) is 8.68. The van der Waals surface area contributed by atoms with Gasteiger partial charge >= 0.3 is 0 Å². The van der Waals surface area contributed by atoms with Crippen LogP contribution in [0.4, 0.5) is 5.82 Å². The quantitative estimate of drug-likeness (QED) is 0.773. The second-order valence-electron chi connectivity index (χ2n) is 6.40. The van der Waals surface area contributed by atoms with Crippen LogP contribution in [0.3, 0.4) is 0 Å². The van der Waals surface area contributed by atoms with Crippen LogP contribution in [0.25, 0.3) is 22.8 Å². The molecule has 2 N–H and O–H groups in total. The molecule has 26 heavy (non-hydrogen) atoms. The molecule has 1 aliphatic rings. The van der Waals surface area contributed by atoms with E-state index in [0.29, 0.717) is 11.7 Å². The summed E-state index contributed by atoms with van der Waals surface area (Å²) in [6.45, 7) is 1.78. The molecule has 1 fully saturated rings. The second kappa shape index (κ2) is 7.13. The van der Waals surface area contributed by atoms with Crippen LogP contribution in [-0.2, 0) is 0 Å². The lowest BCUT2D eigenvalue weighted by molar-refractivity contribution is 0.415. The third-order valence-corrected chi connectivity index (χ3v) is 4.55. The number of methoxy groups -OCH3 is 1. The van der Waals surface area contributed by atoms with Gasteiger partial charge in [0.05, 0.1) is 7.11 Å². The van der Waals surface area contributed by atoms with Gasteiger partial charge in [-0.2, -0.15) is 4.98 Å². The van der Waals surface area contributed by atoms with E-state index in [1.807, 2.05) is 36.4 Å². The van der Waals surface area contributed by atoms with Crippen molar-refractivity contribution in [3.63, 3.8) is 0 Å². The van der Waals surface area contributed by atoms with Gasteiger partial charge in [0.2, 0.25) is 5.82 Å². The Kier molecular flexibility index (Phi) is 4.53. The highest BCUT2D eigenvalue weighted by molar-refractivity contribution is 5.62. The number of anilines is 1. The first-order valence-electron chi connectivity index (χ1n) is 8.68. The van der Waals surface area contributed by atoms with Gasteiger partial charge in [-0.25, -0.2) is 4.98 Å². The van der Waals surface area contributed by atoms with E-state index < -0.39 is 0 Å². The fourth-order valence-corrected chi connectivity index (χ4v) is 3.14. The summed E-state index contributed by atoms with van der Waals surface area (Å²) in [4.78, 5) is 11.2. The van der Waals surface area contributed by atoms with E-state index in [-0.39, 0.29) is 6.04 Å². The van der Waals surface area contributed by atoms with Crippen molar-refractivity contribution in [2.24, 2.45) is 5.73 Å². The van der Waals surface area contributed by atoms with Gasteiger partial charge in [-0.1, -0.05) is 5.16 Å². The van der Waals surface area contributed by atoms with E-state index in [4.69, 9.17) is 15.0 Å². The highest BCUT2D eigenvalue weighted by atomic mass is 16.5. The number of pyridine rings is 1. The van der Waals surface area contributed by atoms with Crippen LogP contribution in [0, 0.1) is 0 Å². The van der Waals surface area contributed by atoms with E-state index in [2.05, 4.69) is 20.0 Å². The Morgan fingerprint density at radius 2 is 2.04 bits per heavy atom. The molecule has 3 aromatic rings. The standard InChI is InChI=1S/C19H21N5O2/c1-25-16-6-4-13(5-7-16)18-22-19(26-23-18)14-8-9-21-17(11-14)24-10-2-3-15(20)12-24/h4-9,11,15H,2-3,10,12,20H2,1H3. The van der Waals surface area contributed by atoms with Crippen LogP contribution in [0.15, 0.2) is 47.1 Å². The molecule has 1 aromatic carbocycles. The zero-order valence-electron chi connectivity index (χ0n) is 14.6. The molecule has 0 amide bonds. The van der Waals surface area contributed by atoms with Gasteiger partial charge in [0.15, 0.2) is 0 Å². The van der Waals surface area contributed by atoms with Crippen LogP contribution in [0.2, 0.25) is 0 Å². The molecule has 3 heterocycles. The van der Waals surface area contributed by atoms with Gasteiger partial charge in [0, 0.05) is 36.5 Å². The Morgan fingerprint density at radius 3 is 2.81 bits per heavy atom. The van der Waals surface area contributed by atoms with Crippen molar-refractivity contribution >= 4 is 5.82 Å².